The summed E-state index contributed by atoms with van der Waals surface area (Å²) in [7, 11) is 0. The Morgan fingerprint density at radius 3 is 2.10 bits per heavy atom. The van der Waals surface area contributed by atoms with Crippen LogP contribution < -0.4 is 0 Å². The predicted molar refractivity (Wildman–Crippen MR) is 47.8 cm³/mol. The Labute approximate surface area is 68.7 Å². The molecule has 0 heterocycles. The van der Waals surface area contributed by atoms with Crippen molar-refractivity contribution in [2.24, 2.45) is 5.92 Å². The van der Waals surface area contributed by atoms with Crippen LogP contribution in [-0.4, -0.2) is 25.1 Å². The molecule has 0 saturated carbocycles. The van der Waals surface area contributed by atoms with E-state index in [0.717, 1.165) is 12.3 Å². The molecule has 0 saturated heterocycles. The van der Waals surface area contributed by atoms with Gasteiger partial charge in [-0.2, -0.15) is 0 Å². The van der Waals surface area contributed by atoms with E-state index in [1.54, 1.807) is 0 Å². The predicted octanol–water partition coefficient (Wildman–Crippen LogP) is 2.15. The third kappa shape index (κ3) is 6.60. The van der Waals surface area contributed by atoms with Crippen LogP contribution in [-0.2, 0) is 0 Å². The van der Waals surface area contributed by atoms with E-state index in [0.29, 0.717) is 0 Å². The molecule has 0 bridgehead atoms. The zero-order chi connectivity index (χ0) is 8.15. The maximum absolute atomic E-state index is 9.05. The standard InChI is InChI=1S/C8H19OSe/c1-7(5-8(2)9)6-10(3)4/h7-9H,5-6H2,1-4H3/q+1. The number of rotatable bonds is 4. The molecule has 0 radical (unpaired) electrons. The van der Waals surface area contributed by atoms with Gasteiger partial charge in [0.25, 0.3) is 0 Å². The van der Waals surface area contributed by atoms with Crippen molar-refractivity contribution in [2.75, 3.05) is 0 Å². The SMILES string of the molecule is CC(O)CC(C)C[Se+](C)C. The molecule has 0 aromatic carbocycles. The molecule has 10 heavy (non-hydrogen) atoms. The van der Waals surface area contributed by atoms with Crippen LogP contribution in [0.15, 0.2) is 0 Å². The summed E-state index contributed by atoms with van der Waals surface area (Å²) in [6, 6.07) is 0. The van der Waals surface area contributed by atoms with Gasteiger partial charge in [-0.15, -0.1) is 0 Å². The fraction of sp³-hybridized carbons (Fsp3) is 1.00. The number of hydrogen-bond donors (Lipinski definition) is 1. The van der Waals surface area contributed by atoms with Crippen molar-refractivity contribution in [3.63, 3.8) is 0 Å². The molecule has 0 aromatic rings. The molecule has 1 nitrogen and oxygen atoms in total. The first-order valence-electron chi connectivity index (χ1n) is 3.74. The van der Waals surface area contributed by atoms with Crippen molar-refractivity contribution in [1.29, 1.82) is 0 Å². The maximum atomic E-state index is 9.05. The molecule has 0 fully saturated rings. The van der Waals surface area contributed by atoms with Gasteiger partial charge in [0, 0.05) is 0 Å². The molecule has 0 amide bonds. The normalized spacial score (nSPS) is 17.4. The van der Waals surface area contributed by atoms with Gasteiger partial charge in [0.05, 0.1) is 0 Å². The van der Waals surface area contributed by atoms with E-state index >= 15 is 0 Å². The summed E-state index contributed by atoms with van der Waals surface area (Å²) in [6.07, 6.45) is 0.863. The Morgan fingerprint density at radius 2 is 1.80 bits per heavy atom. The van der Waals surface area contributed by atoms with E-state index in [2.05, 4.69) is 18.6 Å². The molecule has 2 heteroatoms. The summed E-state index contributed by atoms with van der Waals surface area (Å²) in [4.78, 5) is 0. The third-order valence-corrected chi connectivity index (χ3v) is 3.95. The summed E-state index contributed by atoms with van der Waals surface area (Å²) in [5.41, 5.74) is 0. The first kappa shape index (κ1) is 10.5. The van der Waals surface area contributed by atoms with Gasteiger partial charge in [-0.25, -0.2) is 0 Å². The van der Waals surface area contributed by atoms with Crippen LogP contribution in [0.3, 0.4) is 0 Å². The van der Waals surface area contributed by atoms with Gasteiger partial charge < -0.3 is 0 Å². The molecule has 0 aliphatic heterocycles. The number of aliphatic hydroxyl groups is 1. The Hall–Kier alpha value is 0.479. The third-order valence-electron chi connectivity index (χ3n) is 1.36. The monoisotopic (exact) mass is 211 g/mol. The van der Waals surface area contributed by atoms with E-state index in [1.807, 2.05) is 6.92 Å². The van der Waals surface area contributed by atoms with Crippen molar-refractivity contribution < 1.29 is 5.11 Å². The molecule has 0 aromatic heterocycles. The topological polar surface area (TPSA) is 20.2 Å². The molecule has 2 unspecified atom stereocenters. The molecule has 0 spiro atoms. The van der Waals surface area contributed by atoms with Crippen LogP contribution in [0.5, 0.6) is 0 Å². The average molecular weight is 210 g/mol. The van der Waals surface area contributed by atoms with Crippen molar-refractivity contribution >= 4 is 13.9 Å². The molecule has 1 N–H and O–H groups in total. The van der Waals surface area contributed by atoms with Gasteiger partial charge in [0.1, 0.15) is 0 Å². The number of hydrogen-bond acceptors (Lipinski definition) is 1. The first-order chi connectivity index (χ1) is 4.52. The van der Waals surface area contributed by atoms with Crippen molar-refractivity contribution in [1.82, 2.24) is 0 Å². The summed E-state index contributed by atoms with van der Waals surface area (Å²) < 4.78 is 0. The van der Waals surface area contributed by atoms with E-state index in [4.69, 9.17) is 5.11 Å². The van der Waals surface area contributed by atoms with Crippen LogP contribution in [0.25, 0.3) is 0 Å². The van der Waals surface area contributed by atoms with E-state index in [9.17, 15) is 0 Å². The van der Waals surface area contributed by atoms with E-state index in [-0.39, 0.29) is 20.0 Å². The first-order valence-corrected chi connectivity index (χ1v) is 8.38. The minimum atomic E-state index is -0.283. The quantitative estimate of drug-likeness (QED) is 0.705. The van der Waals surface area contributed by atoms with Crippen molar-refractivity contribution in [2.45, 2.75) is 43.3 Å². The molecule has 0 rings (SSSR count). The summed E-state index contributed by atoms with van der Waals surface area (Å²) >= 11 is -0.283. The summed E-state index contributed by atoms with van der Waals surface area (Å²) in [5, 5.41) is 10.4. The number of aliphatic hydroxyl groups excluding tert-OH is 1. The Kier molecular flexibility index (Phi) is 5.42. The van der Waals surface area contributed by atoms with Crippen molar-refractivity contribution in [3.8, 4) is 0 Å². The summed E-state index contributed by atoms with van der Waals surface area (Å²) in [6.45, 7) is 4.10. The van der Waals surface area contributed by atoms with Crippen LogP contribution in [0.2, 0.25) is 17.0 Å². The fourth-order valence-corrected chi connectivity index (χ4v) is 3.89. The zero-order valence-corrected chi connectivity index (χ0v) is 9.14. The van der Waals surface area contributed by atoms with E-state index in [1.165, 1.54) is 5.32 Å². The van der Waals surface area contributed by atoms with E-state index < -0.39 is 0 Å². The average Bonchev–Trinajstić information content (AvgIpc) is 1.58. The second-order valence-corrected chi connectivity index (χ2v) is 8.18. The van der Waals surface area contributed by atoms with Gasteiger partial charge in [-0.3, -0.25) is 0 Å². The van der Waals surface area contributed by atoms with Gasteiger partial charge in [0.2, 0.25) is 0 Å². The van der Waals surface area contributed by atoms with Gasteiger partial charge in [0.15, 0.2) is 0 Å². The second kappa shape index (κ2) is 5.17. The summed E-state index contributed by atoms with van der Waals surface area (Å²) in [5.74, 6) is 5.41. The second-order valence-electron chi connectivity index (χ2n) is 3.34. The molecule has 0 aliphatic carbocycles. The molecular formula is C8H19OSe+. The van der Waals surface area contributed by atoms with Crippen LogP contribution in [0.4, 0.5) is 0 Å². The minimum absolute atomic E-state index is 0.111. The Bertz CT molecular complexity index is 71.3. The fourth-order valence-electron chi connectivity index (χ4n) is 1.22. The van der Waals surface area contributed by atoms with Gasteiger partial charge in [-0.1, -0.05) is 0 Å². The van der Waals surface area contributed by atoms with Gasteiger partial charge in [-0.05, 0) is 0 Å². The van der Waals surface area contributed by atoms with Gasteiger partial charge >= 0.3 is 68.3 Å². The van der Waals surface area contributed by atoms with Crippen LogP contribution in [0, 0.1) is 5.92 Å². The molecule has 62 valence electrons. The molecular weight excluding hydrogens is 191 g/mol. The zero-order valence-electron chi connectivity index (χ0n) is 7.42. The van der Waals surface area contributed by atoms with Crippen LogP contribution in [0.1, 0.15) is 20.3 Å². The van der Waals surface area contributed by atoms with Crippen LogP contribution >= 0.6 is 0 Å². The van der Waals surface area contributed by atoms with Crippen molar-refractivity contribution in [3.05, 3.63) is 0 Å². The Morgan fingerprint density at radius 1 is 1.30 bits per heavy atom. The molecule has 2 atom stereocenters. The Balaban J connectivity index is 3.34. The molecule has 0 aliphatic rings.